The van der Waals surface area contributed by atoms with Crippen LogP contribution in [-0.2, 0) is 19.4 Å². The number of nitrogens with zero attached hydrogens (tertiary/aromatic N) is 1. The third-order valence-corrected chi connectivity index (χ3v) is 5.45. The molecule has 0 saturated carbocycles. The number of carbonyl (C=O) groups excluding carboxylic acids is 2. The lowest BCUT2D eigenvalue weighted by atomic mass is 10.2. The monoisotopic (exact) mass is 462 g/mol. The highest BCUT2D eigenvalue weighted by atomic mass is 35.5. The quantitative estimate of drug-likeness (QED) is 0.378. The molecule has 1 amide bonds. The van der Waals surface area contributed by atoms with Gasteiger partial charge in [-0.15, -0.1) is 0 Å². The first-order chi connectivity index (χ1) is 13.9. The topological polar surface area (TPSA) is 133 Å². The van der Waals surface area contributed by atoms with Gasteiger partial charge in [-0.05, 0) is 37.3 Å². The van der Waals surface area contributed by atoms with Gasteiger partial charge in [0, 0.05) is 12.1 Å². The number of halogens is 3. The summed E-state index contributed by atoms with van der Waals surface area (Å²) in [6.07, 6.45) is -1.36. The first-order valence-corrected chi connectivity index (χ1v) is 9.94. The zero-order valence-electron chi connectivity index (χ0n) is 15.0. The number of alkyl halides is 2. The van der Waals surface area contributed by atoms with E-state index < -0.39 is 43.4 Å². The van der Waals surface area contributed by atoms with Gasteiger partial charge in [-0.3, -0.25) is 14.9 Å². The average molecular weight is 463 g/mol. The normalized spacial score (nSPS) is 12.3. The molecule has 30 heavy (non-hydrogen) atoms. The Kier molecular flexibility index (Phi) is 7.05. The second kappa shape index (κ2) is 9.13. The SMILES string of the molecule is C[C@H](OC(=O)c1ccc(S(=O)(=O)C(F)F)cc1)C(=O)Nc1cc([N+](=O)[O-])ccc1Cl. The molecule has 2 aromatic carbocycles. The molecule has 0 aliphatic rings. The van der Waals surface area contributed by atoms with E-state index >= 15 is 0 Å². The molecule has 0 bridgehead atoms. The van der Waals surface area contributed by atoms with Gasteiger partial charge < -0.3 is 10.1 Å². The Labute approximate surface area is 173 Å². The number of esters is 1. The van der Waals surface area contributed by atoms with Crippen molar-refractivity contribution in [3.05, 3.63) is 63.2 Å². The lowest BCUT2D eigenvalue weighted by Gasteiger charge is -2.14. The number of carbonyl (C=O) groups is 2. The Morgan fingerprint density at radius 2 is 1.77 bits per heavy atom. The Balaban J connectivity index is 2.08. The van der Waals surface area contributed by atoms with Crippen LogP contribution in [0.25, 0.3) is 0 Å². The lowest BCUT2D eigenvalue weighted by molar-refractivity contribution is -0.384. The predicted octanol–water partition coefficient (Wildman–Crippen LogP) is 3.43. The van der Waals surface area contributed by atoms with Crippen molar-refractivity contribution in [2.24, 2.45) is 0 Å². The van der Waals surface area contributed by atoms with E-state index in [1.807, 2.05) is 0 Å². The molecule has 0 heterocycles. The van der Waals surface area contributed by atoms with Crippen molar-refractivity contribution in [2.45, 2.75) is 23.7 Å². The minimum Gasteiger partial charge on any atom is -0.449 e. The van der Waals surface area contributed by atoms with E-state index in [9.17, 15) is 36.9 Å². The van der Waals surface area contributed by atoms with Crippen molar-refractivity contribution >= 4 is 44.7 Å². The lowest BCUT2D eigenvalue weighted by Crippen LogP contribution is -2.30. The summed E-state index contributed by atoms with van der Waals surface area (Å²) in [5.41, 5.74) is -0.574. The molecule has 0 fully saturated rings. The average Bonchev–Trinajstić information content (AvgIpc) is 2.69. The number of anilines is 1. The molecule has 0 spiro atoms. The highest BCUT2D eigenvalue weighted by Crippen LogP contribution is 2.27. The minimum atomic E-state index is -4.81. The number of nitrogens with one attached hydrogen (secondary N) is 1. The standard InChI is InChI=1S/C17H13ClF2N2O7S/c1-9(15(23)21-14-8-11(22(25)26)4-7-13(14)18)29-16(24)10-2-5-12(6-3-10)30(27,28)17(19)20/h2-9,17H,1H3,(H,21,23)/t9-/m0/s1. The van der Waals surface area contributed by atoms with Gasteiger partial charge in [0.1, 0.15) is 0 Å². The van der Waals surface area contributed by atoms with E-state index in [-0.39, 0.29) is 22.0 Å². The van der Waals surface area contributed by atoms with Crippen molar-refractivity contribution in [1.29, 1.82) is 0 Å². The molecule has 0 unspecified atom stereocenters. The van der Waals surface area contributed by atoms with E-state index in [0.717, 1.165) is 36.4 Å². The van der Waals surface area contributed by atoms with Crippen LogP contribution in [-0.4, -0.2) is 37.1 Å². The number of nitro groups is 1. The Hall–Kier alpha value is -3.12. The maximum absolute atomic E-state index is 12.5. The van der Waals surface area contributed by atoms with E-state index in [4.69, 9.17) is 16.3 Å². The van der Waals surface area contributed by atoms with Crippen LogP contribution >= 0.6 is 11.6 Å². The molecule has 13 heteroatoms. The van der Waals surface area contributed by atoms with Crippen LogP contribution < -0.4 is 5.32 Å². The van der Waals surface area contributed by atoms with Gasteiger partial charge in [0.2, 0.25) is 9.84 Å². The van der Waals surface area contributed by atoms with Crippen molar-refractivity contribution in [3.63, 3.8) is 0 Å². The highest BCUT2D eigenvalue weighted by molar-refractivity contribution is 7.91. The van der Waals surface area contributed by atoms with Gasteiger partial charge in [-0.25, -0.2) is 13.2 Å². The molecule has 2 aromatic rings. The third kappa shape index (κ3) is 5.27. The summed E-state index contributed by atoms with van der Waals surface area (Å²) in [6.45, 7) is 1.22. The molecular weight excluding hydrogens is 450 g/mol. The van der Waals surface area contributed by atoms with Crippen LogP contribution in [0.2, 0.25) is 5.02 Å². The fraction of sp³-hybridized carbons (Fsp3) is 0.176. The Morgan fingerprint density at radius 1 is 1.17 bits per heavy atom. The van der Waals surface area contributed by atoms with E-state index in [2.05, 4.69) is 5.32 Å². The first kappa shape index (κ1) is 23.2. The van der Waals surface area contributed by atoms with E-state index in [1.54, 1.807) is 0 Å². The number of hydrogen-bond donors (Lipinski definition) is 1. The number of hydrogen-bond acceptors (Lipinski definition) is 7. The van der Waals surface area contributed by atoms with E-state index in [0.29, 0.717) is 0 Å². The van der Waals surface area contributed by atoms with Crippen molar-refractivity contribution < 1.29 is 36.4 Å². The second-order valence-corrected chi connectivity index (χ2v) is 8.11. The maximum atomic E-state index is 12.5. The van der Waals surface area contributed by atoms with Gasteiger partial charge in [0.05, 0.1) is 26.1 Å². The Morgan fingerprint density at radius 3 is 2.30 bits per heavy atom. The zero-order valence-corrected chi connectivity index (χ0v) is 16.6. The van der Waals surface area contributed by atoms with Gasteiger partial charge in [0.15, 0.2) is 6.10 Å². The Bertz CT molecular complexity index is 1090. The van der Waals surface area contributed by atoms with Crippen molar-refractivity contribution in [1.82, 2.24) is 0 Å². The number of nitro benzene ring substituents is 1. The molecule has 1 N–H and O–H groups in total. The molecule has 2 rings (SSSR count). The molecule has 0 aliphatic heterocycles. The fourth-order valence-corrected chi connectivity index (χ4v) is 3.01. The smallest absolute Gasteiger partial charge is 0.341 e. The predicted molar refractivity (Wildman–Crippen MR) is 101 cm³/mol. The highest BCUT2D eigenvalue weighted by Gasteiger charge is 2.27. The third-order valence-electron chi connectivity index (χ3n) is 3.72. The molecule has 0 saturated heterocycles. The summed E-state index contributed by atoms with van der Waals surface area (Å²) in [4.78, 5) is 33.7. The number of sulfone groups is 1. The fourth-order valence-electron chi connectivity index (χ4n) is 2.12. The molecule has 9 nitrogen and oxygen atoms in total. The van der Waals surface area contributed by atoms with Gasteiger partial charge in [-0.2, -0.15) is 8.78 Å². The van der Waals surface area contributed by atoms with Crippen LogP contribution in [0.5, 0.6) is 0 Å². The summed E-state index contributed by atoms with van der Waals surface area (Å²) >= 11 is 5.88. The van der Waals surface area contributed by atoms with Crippen molar-refractivity contribution in [2.75, 3.05) is 5.32 Å². The van der Waals surface area contributed by atoms with Crippen LogP contribution in [0.1, 0.15) is 17.3 Å². The number of benzene rings is 2. The minimum absolute atomic E-state index is 0.0169. The second-order valence-electron chi connectivity index (χ2n) is 5.79. The zero-order chi connectivity index (χ0) is 22.6. The molecule has 0 radical (unpaired) electrons. The molecule has 0 aliphatic carbocycles. The summed E-state index contributed by atoms with van der Waals surface area (Å²) in [6, 6.07) is 6.91. The van der Waals surface area contributed by atoms with Crippen LogP contribution in [0.3, 0.4) is 0 Å². The van der Waals surface area contributed by atoms with E-state index in [1.165, 1.54) is 13.0 Å². The number of amides is 1. The van der Waals surface area contributed by atoms with Crippen molar-refractivity contribution in [3.8, 4) is 0 Å². The molecule has 160 valence electrons. The van der Waals surface area contributed by atoms with Crippen LogP contribution in [0, 0.1) is 10.1 Å². The number of non-ortho nitro benzene ring substituents is 1. The summed E-state index contributed by atoms with van der Waals surface area (Å²) in [5.74, 6) is -5.48. The number of rotatable bonds is 7. The summed E-state index contributed by atoms with van der Waals surface area (Å²) < 4.78 is 52.7. The molecule has 0 aromatic heterocycles. The van der Waals surface area contributed by atoms with Crippen LogP contribution in [0.4, 0.5) is 20.2 Å². The molecule has 1 atom stereocenters. The van der Waals surface area contributed by atoms with Gasteiger partial charge in [0.25, 0.3) is 11.6 Å². The largest absolute Gasteiger partial charge is 0.449 e. The maximum Gasteiger partial charge on any atom is 0.341 e. The number of ether oxygens (including phenoxy) is 1. The summed E-state index contributed by atoms with van der Waals surface area (Å²) in [5, 5.41) is 13.1. The van der Waals surface area contributed by atoms with Crippen LogP contribution in [0.15, 0.2) is 47.4 Å². The first-order valence-electron chi connectivity index (χ1n) is 8.01. The van der Waals surface area contributed by atoms with Gasteiger partial charge >= 0.3 is 11.7 Å². The van der Waals surface area contributed by atoms with Gasteiger partial charge in [-0.1, -0.05) is 11.6 Å². The molecular formula is C17H13ClF2N2O7S. The summed E-state index contributed by atoms with van der Waals surface area (Å²) in [7, 11) is -4.81.